The van der Waals surface area contributed by atoms with E-state index in [9.17, 15) is 0 Å². The minimum absolute atomic E-state index is 0.000720. The lowest BCUT2D eigenvalue weighted by Gasteiger charge is -2.45. The van der Waals surface area contributed by atoms with E-state index in [1.165, 1.54) is 89.2 Å². The Morgan fingerprint density at radius 2 is 0.656 bits per heavy atom. The second-order valence-corrected chi connectivity index (χ2v) is 17.4. The Kier molecular flexibility index (Phi) is 8.86. The first-order chi connectivity index (χ1) is 29.9. The highest BCUT2D eigenvalue weighted by molar-refractivity contribution is 7.00. The largest absolute Gasteiger partial charge is 0.311 e. The molecule has 0 saturated carbocycles. The molecule has 0 radical (unpaired) electrons. The maximum atomic E-state index is 2.56. The van der Waals surface area contributed by atoms with Crippen LogP contribution in [0, 0.1) is 0 Å². The molecule has 61 heavy (non-hydrogen) atoms. The van der Waals surface area contributed by atoms with Crippen molar-refractivity contribution in [3.8, 4) is 44.5 Å². The van der Waals surface area contributed by atoms with Crippen LogP contribution in [0.1, 0.15) is 26.3 Å². The van der Waals surface area contributed by atoms with Gasteiger partial charge in [-0.3, -0.25) is 0 Å². The van der Waals surface area contributed by atoms with E-state index in [1.54, 1.807) is 0 Å². The first-order valence-electron chi connectivity index (χ1n) is 21.4. The van der Waals surface area contributed by atoms with E-state index < -0.39 is 0 Å². The molecule has 0 amide bonds. The van der Waals surface area contributed by atoms with Gasteiger partial charge in [0.1, 0.15) is 0 Å². The van der Waals surface area contributed by atoms with E-state index >= 15 is 0 Å². The molecule has 0 aliphatic carbocycles. The predicted molar refractivity (Wildman–Crippen MR) is 261 cm³/mol. The van der Waals surface area contributed by atoms with Crippen LogP contribution in [0.3, 0.4) is 0 Å². The highest BCUT2D eigenvalue weighted by Gasteiger charge is 2.44. The van der Waals surface area contributed by atoms with Crippen LogP contribution in [0.5, 0.6) is 0 Å². The summed E-state index contributed by atoms with van der Waals surface area (Å²) in [6.45, 7) is 7.03. The van der Waals surface area contributed by atoms with Crippen molar-refractivity contribution in [2.75, 3.05) is 9.80 Å². The van der Waals surface area contributed by atoms with Gasteiger partial charge in [0, 0.05) is 34.1 Å². The average Bonchev–Trinajstić information content (AvgIpc) is 3.32. The van der Waals surface area contributed by atoms with Crippen molar-refractivity contribution in [3.05, 3.63) is 224 Å². The van der Waals surface area contributed by atoms with Gasteiger partial charge in [-0.1, -0.05) is 191 Å². The van der Waals surface area contributed by atoms with Gasteiger partial charge >= 0.3 is 0 Å². The van der Waals surface area contributed by atoms with Crippen molar-refractivity contribution in [2.24, 2.45) is 0 Å². The van der Waals surface area contributed by atoms with Crippen LogP contribution in [-0.4, -0.2) is 6.71 Å². The predicted octanol–water partition coefficient (Wildman–Crippen LogP) is 13.7. The van der Waals surface area contributed by atoms with Crippen molar-refractivity contribution in [3.63, 3.8) is 0 Å². The third-order valence-corrected chi connectivity index (χ3v) is 12.6. The van der Waals surface area contributed by atoms with Crippen LogP contribution < -0.4 is 26.2 Å². The summed E-state index contributed by atoms with van der Waals surface area (Å²) in [4.78, 5) is 5.11. The lowest BCUT2D eigenvalue weighted by molar-refractivity contribution is 0.590. The third kappa shape index (κ3) is 6.45. The molecule has 0 N–H and O–H groups in total. The fourth-order valence-electron chi connectivity index (χ4n) is 9.51. The number of fused-ring (bicyclic) bond motifs is 4. The quantitative estimate of drug-likeness (QED) is 0.155. The lowest BCUT2D eigenvalue weighted by Crippen LogP contribution is -2.61. The van der Waals surface area contributed by atoms with E-state index in [0.29, 0.717) is 0 Å². The summed E-state index contributed by atoms with van der Waals surface area (Å²) in [5, 5.41) is 0. The van der Waals surface area contributed by atoms with Gasteiger partial charge in [-0.05, 0) is 120 Å². The molecule has 2 heterocycles. The van der Waals surface area contributed by atoms with Gasteiger partial charge in [-0.2, -0.15) is 0 Å². The SMILES string of the molecule is CC(C)(C)c1cc2c3c(c1)N(c1cccc(-c4ccccc4)c1)c1cc(-c4ccccc4)ccc1B3c1ccc(-c3ccccc3)cc1N2c1cccc(-c2ccccc2)c1. The molecular weight excluding hydrogens is 735 g/mol. The standard InChI is InChI=1S/C58H45BN2/c1-58(2,3)48-38-55-57-56(39-48)61(50-29-17-27-45(35-50)41-20-10-5-11-21-41)54-37-47(43-24-14-7-15-25-43)31-33-52(54)59(57)51-32-30-46(42-22-12-6-13-23-42)36-53(51)60(55)49-28-16-26-44(34-49)40-18-8-4-9-19-40/h4-39H,1-3H3. The molecule has 290 valence electrons. The third-order valence-electron chi connectivity index (χ3n) is 12.6. The Morgan fingerprint density at radius 3 is 1.02 bits per heavy atom. The molecule has 3 heteroatoms. The number of benzene rings is 9. The molecule has 0 unspecified atom stereocenters. The van der Waals surface area contributed by atoms with E-state index in [2.05, 4.69) is 249 Å². The summed E-state index contributed by atoms with van der Waals surface area (Å²) in [6.07, 6.45) is 0. The van der Waals surface area contributed by atoms with Crippen LogP contribution in [0.15, 0.2) is 218 Å². The molecule has 0 atom stereocenters. The normalized spacial score (nSPS) is 12.7. The molecule has 9 aromatic carbocycles. The average molecular weight is 781 g/mol. The van der Waals surface area contributed by atoms with E-state index in [0.717, 1.165) is 11.4 Å². The van der Waals surface area contributed by atoms with Gasteiger partial charge in [-0.15, -0.1) is 0 Å². The molecule has 2 nitrogen and oxygen atoms in total. The number of hydrogen-bond acceptors (Lipinski definition) is 2. The molecular formula is C58H45BN2. The topological polar surface area (TPSA) is 6.48 Å². The van der Waals surface area contributed by atoms with E-state index in [1.807, 2.05) is 0 Å². The Balaban J connectivity index is 1.23. The monoisotopic (exact) mass is 780 g/mol. The zero-order chi connectivity index (χ0) is 41.1. The van der Waals surface area contributed by atoms with Crippen molar-refractivity contribution in [2.45, 2.75) is 26.2 Å². The molecule has 0 spiro atoms. The molecule has 0 fully saturated rings. The molecule has 0 bridgehead atoms. The Morgan fingerprint density at radius 1 is 0.311 bits per heavy atom. The first-order valence-corrected chi connectivity index (χ1v) is 21.4. The van der Waals surface area contributed by atoms with Crippen LogP contribution >= 0.6 is 0 Å². The number of hydrogen-bond donors (Lipinski definition) is 0. The van der Waals surface area contributed by atoms with Crippen molar-refractivity contribution < 1.29 is 0 Å². The number of anilines is 6. The van der Waals surface area contributed by atoms with Gasteiger partial charge in [0.2, 0.25) is 0 Å². The van der Waals surface area contributed by atoms with Gasteiger partial charge in [0.15, 0.2) is 0 Å². The van der Waals surface area contributed by atoms with Crippen LogP contribution in [0.25, 0.3) is 44.5 Å². The molecule has 9 aromatic rings. The number of nitrogens with zero attached hydrogens (tertiary/aromatic N) is 2. The minimum atomic E-state index is -0.130. The van der Waals surface area contributed by atoms with Gasteiger partial charge in [0.05, 0.1) is 0 Å². The zero-order valence-corrected chi connectivity index (χ0v) is 34.8. The van der Waals surface area contributed by atoms with Crippen molar-refractivity contribution in [1.82, 2.24) is 0 Å². The van der Waals surface area contributed by atoms with Crippen LogP contribution in [0.4, 0.5) is 34.1 Å². The summed E-state index contributed by atoms with van der Waals surface area (Å²) in [5.74, 6) is 0. The first kappa shape index (κ1) is 36.7. The summed E-state index contributed by atoms with van der Waals surface area (Å²) in [7, 11) is 0. The Bertz CT molecular complexity index is 2860. The number of rotatable bonds is 6. The molecule has 2 aliphatic rings. The maximum absolute atomic E-state index is 2.56. The van der Waals surface area contributed by atoms with Crippen LogP contribution in [0.2, 0.25) is 0 Å². The molecule has 0 aromatic heterocycles. The second-order valence-electron chi connectivity index (χ2n) is 17.4. The fraction of sp³-hybridized carbons (Fsp3) is 0.0690. The van der Waals surface area contributed by atoms with Gasteiger partial charge in [-0.25, -0.2) is 0 Å². The summed E-state index contributed by atoms with van der Waals surface area (Å²) in [5.41, 5.74) is 21.8. The van der Waals surface area contributed by atoms with Crippen molar-refractivity contribution >= 4 is 57.2 Å². The molecule has 11 rings (SSSR count). The van der Waals surface area contributed by atoms with Gasteiger partial charge in [0.25, 0.3) is 6.71 Å². The van der Waals surface area contributed by atoms with Crippen LogP contribution in [-0.2, 0) is 5.41 Å². The summed E-state index contributed by atoms with van der Waals surface area (Å²) >= 11 is 0. The molecule has 2 aliphatic heterocycles. The summed E-state index contributed by atoms with van der Waals surface area (Å²) < 4.78 is 0. The summed E-state index contributed by atoms with van der Waals surface area (Å²) in [6, 6.07) is 80.6. The highest BCUT2D eigenvalue weighted by Crippen LogP contribution is 2.48. The second kappa shape index (κ2) is 14.7. The van der Waals surface area contributed by atoms with E-state index in [-0.39, 0.29) is 12.1 Å². The van der Waals surface area contributed by atoms with Gasteiger partial charge < -0.3 is 9.80 Å². The fourth-order valence-corrected chi connectivity index (χ4v) is 9.51. The highest BCUT2D eigenvalue weighted by atomic mass is 15.2. The molecule has 0 saturated heterocycles. The zero-order valence-electron chi connectivity index (χ0n) is 34.8. The maximum Gasteiger partial charge on any atom is 0.252 e. The van der Waals surface area contributed by atoms with E-state index in [4.69, 9.17) is 0 Å². The Hall–Kier alpha value is -7.36. The minimum Gasteiger partial charge on any atom is -0.311 e. The van der Waals surface area contributed by atoms with Crippen molar-refractivity contribution in [1.29, 1.82) is 0 Å². The smallest absolute Gasteiger partial charge is 0.252 e. The Labute approximate surface area is 360 Å². The lowest BCUT2D eigenvalue weighted by atomic mass is 9.33.